The Balaban J connectivity index is 1.54. The fourth-order valence-corrected chi connectivity index (χ4v) is 4.54. The van der Waals surface area contributed by atoms with Gasteiger partial charge in [0.15, 0.2) is 5.69 Å². The van der Waals surface area contributed by atoms with Gasteiger partial charge in [-0.05, 0) is 40.5 Å². The summed E-state index contributed by atoms with van der Waals surface area (Å²) in [6.45, 7) is 2.02. The fraction of sp³-hybridized carbons (Fsp3) is 0.143. The minimum absolute atomic E-state index is 0.121. The first kappa shape index (κ1) is 24.6. The number of carbonyl (C=O) groups excluding carboxylic acids is 1. The summed E-state index contributed by atoms with van der Waals surface area (Å²) < 4.78 is 2.16. The zero-order chi connectivity index (χ0) is 26.6. The van der Waals surface area contributed by atoms with Gasteiger partial charge in [0.05, 0.1) is 12.2 Å². The molecule has 5 aromatic rings. The van der Waals surface area contributed by atoms with Crippen molar-refractivity contribution in [2.24, 2.45) is 0 Å². The molecule has 0 unspecified atom stereocenters. The lowest BCUT2D eigenvalue weighted by atomic mass is 9.98. The monoisotopic (exact) mass is 508 g/mol. The van der Waals surface area contributed by atoms with Gasteiger partial charge in [0, 0.05) is 11.1 Å². The van der Waals surface area contributed by atoms with Crippen molar-refractivity contribution in [3.8, 4) is 22.5 Å². The number of rotatable bonds is 8. The predicted octanol–water partition coefficient (Wildman–Crippen LogP) is 3.88. The van der Waals surface area contributed by atoms with E-state index in [9.17, 15) is 19.5 Å². The molecule has 38 heavy (non-hydrogen) atoms. The van der Waals surface area contributed by atoms with E-state index in [0.717, 1.165) is 26.8 Å². The third kappa shape index (κ3) is 4.55. The first-order valence-corrected chi connectivity index (χ1v) is 12.1. The van der Waals surface area contributed by atoms with Gasteiger partial charge in [-0.3, -0.25) is 9.36 Å². The maximum absolute atomic E-state index is 13.5. The van der Waals surface area contributed by atoms with Crippen LogP contribution in [0.2, 0.25) is 0 Å². The van der Waals surface area contributed by atoms with E-state index >= 15 is 0 Å². The molecule has 10 heteroatoms. The van der Waals surface area contributed by atoms with Crippen molar-refractivity contribution in [3.63, 3.8) is 0 Å². The second-order valence-electron chi connectivity index (χ2n) is 8.70. The maximum atomic E-state index is 13.5. The van der Waals surface area contributed by atoms with E-state index in [1.54, 1.807) is 30.3 Å². The lowest BCUT2D eigenvalue weighted by molar-refractivity contribution is 0.0674. The SMILES string of the molecule is CCCc1c(C(=O)O)n(C(=O)c2ccccc2)c(=O)n1Cc1ccc(-c2ccccc2-c2nn[nH]n2)cc1. The van der Waals surface area contributed by atoms with Crippen molar-refractivity contribution in [3.05, 3.63) is 112 Å². The number of aromatic nitrogens is 6. The summed E-state index contributed by atoms with van der Waals surface area (Å²) in [4.78, 5) is 39.0. The third-order valence-electron chi connectivity index (χ3n) is 6.28. The Hall–Kier alpha value is -5.12. The molecule has 0 saturated carbocycles. The average Bonchev–Trinajstić information content (AvgIpc) is 3.57. The lowest BCUT2D eigenvalue weighted by Gasteiger charge is -2.10. The molecule has 10 nitrogen and oxygen atoms in total. The highest BCUT2D eigenvalue weighted by Gasteiger charge is 2.28. The molecule has 0 atom stereocenters. The van der Waals surface area contributed by atoms with Crippen molar-refractivity contribution >= 4 is 11.9 Å². The summed E-state index contributed by atoms with van der Waals surface area (Å²) in [5.74, 6) is -1.51. The number of carboxylic acid groups (broad SMARTS) is 1. The molecule has 0 bridgehead atoms. The van der Waals surface area contributed by atoms with Gasteiger partial charge in [-0.1, -0.05) is 80.1 Å². The largest absolute Gasteiger partial charge is 0.477 e. The van der Waals surface area contributed by atoms with Crippen LogP contribution in [0.4, 0.5) is 0 Å². The normalized spacial score (nSPS) is 11.0. The van der Waals surface area contributed by atoms with Crippen LogP contribution < -0.4 is 5.69 Å². The van der Waals surface area contributed by atoms with Gasteiger partial charge in [-0.25, -0.2) is 14.2 Å². The Kier molecular flexibility index (Phi) is 6.77. The molecule has 0 saturated heterocycles. The number of aromatic carboxylic acids is 1. The van der Waals surface area contributed by atoms with Crippen LogP contribution in [0.25, 0.3) is 22.5 Å². The molecule has 2 N–H and O–H groups in total. The van der Waals surface area contributed by atoms with Crippen molar-refractivity contribution in [1.82, 2.24) is 29.8 Å². The molecule has 190 valence electrons. The quantitative estimate of drug-likeness (QED) is 0.325. The number of hydrogen-bond acceptors (Lipinski definition) is 6. The number of nitrogens with one attached hydrogen (secondary N) is 1. The summed E-state index contributed by atoms with van der Waals surface area (Å²) >= 11 is 0. The Morgan fingerprint density at radius 3 is 2.24 bits per heavy atom. The third-order valence-corrected chi connectivity index (χ3v) is 6.28. The minimum atomic E-state index is -1.32. The van der Waals surface area contributed by atoms with Crippen LogP contribution in [-0.4, -0.2) is 46.7 Å². The number of tetrazole rings is 1. The van der Waals surface area contributed by atoms with Crippen LogP contribution >= 0.6 is 0 Å². The topological polar surface area (TPSA) is 136 Å². The number of benzene rings is 3. The van der Waals surface area contributed by atoms with Crippen LogP contribution in [0, 0.1) is 0 Å². The molecule has 0 spiro atoms. The molecular formula is C28H24N6O4. The number of carboxylic acids is 1. The Morgan fingerprint density at radius 2 is 1.61 bits per heavy atom. The minimum Gasteiger partial charge on any atom is -0.477 e. The highest BCUT2D eigenvalue weighted by Crippen LogP contribution is 2.30. The molecule has 2 aromatic heterocycles. The van der Waals surface area contributed by atoms with Gasteiger partial charge in [-0.15, -0.1) is 10.2 Å². The van der Waals surface area contributed by atoms with E-state index in [1.165, 1.54) is 4.57 Å². The zero-order valence-electron chi connectivity index (χ0n) is 20.5. The van der Waals surface area contributed by atoms with Gasteiger partial charge >= 0.3 is 11.7 Å². The molecule has 0 radical (unpaired) electrons. The second kappa shape index (κ2) is 10.5. The van der Waals surface area contributed by atoms with E-state index < -0.39 is 17.6 Å². The van der Waals surface area contributed by atoms with Crippen LogP contribution in [0.3, 0.4) is 0 Å². The summed E-state index contributed by atoms with van der Waals surface area (Å²) in [6, 6.07) is 23.5. The number of hydrogen-bond donors (Lipinski definition) is 2. The van der Waals surface area contributed by atoms with Gasteiger partial charge in [0.1, 0.15) is 0 Å². The van der Waals surface area contributed by atoms with Crippen LogP contribution in [-0.2, 0) is 13.0 Å². The van der Waals surface area contributed by atoms with Crippen molar-refractivity contribution in [2.45, 2.75) is 26.3 Å². The number of nitrogens with zero attached hydrogens (tertiary/aromatic N) is 5. The van der Waals surface area contributed by atoms with E-state index in [0.29, 0.717) is 24.4 Å². The number of aromatic amines is 1. The van der Waals surface area contributed by atoms with Gasteiger partial charge in [0.25, 0.3) is 5.91 Å². The van der Waals surface area contributed by atoms with E-state index in [-0.39, 0.29) is 17.8 Å². The number of carbonyl (C=O) groups is 2. The van der Waals surface area contributed by atoms with Crippen LogP contribution in [0.15, 0.2) is 83.7 Å². The first-order valence-electron chi connectivity index (χ1n) is 12.1. The Morgan fingerprint density at radius 1 is 0.921 bits per heavy atom. The summed E-state index contributed by atoms with van der Waals surface area (Å²) in [5.41, 5.74) is 3.02. The van der Waals surface area contributed by atoms with E-state index in [1.807, 2.05) is 55.5 Å². The van der Waals surface area contributed by atoms with Gasteiger partial charge < -0.3 is 5.11 Å². The highest BCUT2D eigenvalue weighted by molar-refractivity contribution is 6.01. The summed E-state index contributed by atoms with van der Waals surface area (Å²) in [5, 5.41) is 24.3. The van der Waals surface area contributed by atoms with Crippen molar-refractivity contribution in [2.75, 3.05) is 0 Å². The van der Waals surface area contributed by atoms with Crippen molar-refractivity contribution in [1.29, 1.82) is 0 Å². The predicted molar refractivity (Wildman–Crippen MR) is 140 cm³/mol. The highest BCUT2D eigenvalue weighted by atomic mass is 16.4. The maximum Gasteiger partial charge on any atom is 0.354 e. The zero-order valence-corrected chi connectivity index (χ0v) is 20.5. The molecule has 0 amide bonds. The van der Waals surface area contributed by atoms with E-state index in [2.05, 4.69) is 20.6 Å². The standard InChI is InChI=1S/C28H24N6O4/c1-2-8-23-24(27(36)37)34(26(35)20-9-4-3-5-10-20)28(38)33(23)17-18-13-15-19(16-14-18)21-11-6-7-12-22(21)25-29-31-32-30-25/h3-7,9-16H,2,8,17H2,1H3,(H,36,37)(H,29,30,31,32). The van der Waals surface area contributed by atoms with E-state index in [4.69, 9.17) is 0 Å². The summed E-state index contributed by atoms with van der Waals surface area (Å²) in [6.07, 6.45) is 0.942. The van der Waals surface area contributed by atoms with Gasteiger partial charge in [-0.2, -0.15) is 5.21 Å². The Bertz CT molecular complexity index is 1650. The van der Waals surface area contributed by atoms with Crippen LogP contribution in [0.5, 0.6) is 0 Å². The number of imidazole rings is 1. The van der Waals surface area contributed by atoms with Gasteiger partial charge in [0.2, 0.25) is 5.82 Å². The Labute approximate surface area is 217 Å². The molecular weight excluding hydrogens is 484 g/mol. The summed E-state index contributed by atoms with van der Waals surface area (Å²) in [7, 11) is 0. The second-order valence-corrected chi connectivity index (χ2v) is 8.70. The fourth-order valence-electron chi connectivity index (χ4n) is 4.54. The molecule has 0 aliphatic heterocycles. The molecule has 3 aromatic carbocycles. The molecule has 2 heterocycles. The van der Waals surface area contributed by atoms with Crippen LogP contribution in [0.1, 0.15) is 45.4 Å². The lowest BCUT2D eigenvalue weighted by Crippen LogP contribution is -2.31. The molecule has 0 fully saturated rings. The smallest absolute Gasteiger partial charge is 0.354 e. The molecule has 5 rings (SSSR count). The average molecular weight is 509 g/mol. The molecule has 0 aliphatic rings. The number of H-pyrrole nitrogens is 1. The molecule has 0 aliphatic carbocycles. The van der Waals surface area contributed by atoms with Crippen molar-refractivity contribution < 1.29 is 14.7 Å². The first-order chi connectivity index (χ1) is 18.5.